The molecule has 0 aliphatic carbocycles. The summed E-state index contributed by atoms with van der Waals surface area (Å²) >= 11 is 5.96. The number of nitrogens with zero attached hydrogens (tertiary/aromatic N) is 1. The molecule has 2 nitrogen and oxygen atoms in total. The Bertz CT molecular complexity index is 729. The molecule has 1 N–H and O–H groups in total. The maximum Gasteiger partial charge on any atom is 0.137 e. The fourth-order valence-corrected chi connectivity index (χ4v) is 3.18. The second-order valence-electron chi connectivity index (χ2n) is 6.67. The van der Waals surface area contributed by atoms with E-state index < -0.39 is 0 Å². The highest BCUT2D eigenvalue weighted by molar-refractivity contribution is 6.32. The van der Waals surface area contributed by atoms with Crippen molar-refractivity contribution in [3.63, 3.8) is 0 Å². The van der Waals surface area contributed by atoms with Crippen molar-refractivity contribution < 1.29 is 9.50 Å². The lowest BCUT2D eigenvalue weighted by Crippen LogP contribution is -2.40. The van der Waals surface area contributed by atoms with Gasteiger partial charge in [-0.1, -0.05) is 29.8 Å². The summed E-state index contributed by atoms with van der Waals surface area (Å²) in [6.45, 7) is 5.65. The van der Waals surface area contributed by atoms with Crippen LogP contribution in [0.4, 0.5) is 4.39 Å². The van der Waals surface area contributed by atoms with Gasteiger partial charge in [0.2, 0.25) is 0 Å². The van der Waals surface area contributed by atoms with Crippen molar-refractivity contribution in [1.29, 1.82) is 0 Å². The Kier molecular flexibility index (Phi) is 4.23. The van der Waals surface area contributed by atoms with Crippen LogP contribution in [0, 0.1) is 17.9 Å². The Morgan fingerprint density at radius 2 is 2.13 bits per heavy atom. The summed E-state index contributed by atoms with van der Waals surface area (Å²) in [4.78, 5) is 2.27. The zero-order valence-corrected chi connectivity index (χ0v) is 14.0. The fraction of sp³-hybridized carbons (Fsp3) is 0.368. The minimum absolute atomic E-state index is 0.0797. The summed E-state index contributed by atoms with van der Waals surface area (Å²) in [6, 6.07) is 12.4. The molecule has 0 unspecified atom stereocenters. The first-order valence-electron chi connectivity index (χ1n) is 7.69. The van der Waals surface area contributed by atoms with Gasteiger partial charge in [-0.25, -0.2) is 4.39 Å². The van der Waals surface area contributed by atoms with Crippen LogP contribution in [0.15, 0.2) is 24.3 Å². The van der Waals surface area contributed by atoms with E-state index in [1.54, 1.807) is 12.1 Å². The highest BCUT2D eigenvalue weighted by Crippen LogP contribution is 2.33. The molecular formula is C19H19ClFNO. The summed E-state index contributed by atoms with van der Waals surface area (Å²) < 4.78 is 13.9. The average molecular weight is 332 g/mol. The van der Waals surface area contributed by atoms with Gasteiger partial charge in [-0.3, -0.25) is 4.90 Å². The van der Waals surface area contributed by atoms with Gasteiger partial charge in [-0.2, -0.15) is 0 Å². The summed E-state index contributed by atoms with van der Waals surface area (Å²) in [6.07, 6.45) is 1.76. The lowest BCUT2D eigenvalue weighted by Gasteiger charge is -2.35. The van der Waals surface area contributed by atoms with Gasteiger partial charge in [-0.15, -0.1) is 0 Å². The molecule has 0 radical (unpaired) electrons. The van der Waals surface area contributed by atoms with Crippen LogP contribution in [0.25, 0.3) is 0 Å². The van der Waals surface area contributed by atoms with Crippen LogP contribution >= 0.6 is 11.6 Å². The van der Waals surface area contributed by atoms with E-state index in [9.17, 15) is 9.50 Å². The Morgan fingerprint density at radius 3 is 2.83 bits per heavy atom. The van der Waals surface area contributed by atoms with Crippen LogP contribution in [0.2, 0.25) is 5.02 Å². The molecular weight excluding hydrogens is 313 g/mol. The molecule has 0 spiro atoms. The topological polar surface area (TPSA) is 23.5 Å². The van der Waals surface area contributed by atoms with Gasteiger partial charge in [0.05, 0.1) is 5.02 Å². The first-order chi connectivity index (χ1) is 10.9. The molecule has 3 rings (SSSR count). The number of phenols is 1. The number of hydrogen-bond donors (Lipinski definition) is 1. The summed E-state index contributed by atoms with van der Waals surface area (Å²) in [5, 5.41) is 9.86. The minimum atomic E-state index is -0.192. The van der Waals surface area contributed by atoms with Gasteiger partial charge in [0.15, 0.2) is 0 Å². The number of aryl methyl sites for hydroxylation is 1. The van der Waals surface area contributed by atoms with Crippen LogP contribution in [0.5, 0.6) is 5.75 Å². The van der Waals surface area contributed by atoms with Crippen molar-refractivity contribution in [2.24, 2.45) is 0 Å². The molecule has 2 aromatic carbocycles. The molecule has 23 heavy (non-hydrogen) atoms. The molecule has 1 aliphatic rings. The van der Waals surface area contributed by atoms with Gasteiger partial charge in [0.1, 0.15) is 11.6 Å². The molecule has 1 heterocycles. The Labute approximate surface area is 141 Å². The maximum absolute atomic E-state index is 13.9. The predicted molar refractivity (Wildman–Crippen MR) is 88.8 cm³/mol. The number of hydrogen-bond acceptors (Lipinski definition) is 2. The first-order valence-corrected chi connectivity index (χ1v) is 8.07. The van der Waals surface area contributed by atoms with Crippen LogP contribution < -0.4 is 0 Å². The Balaban J connectivity index is 1.68. The van der Waals surface area contributed by atoms with Gasteiger partial charge in [-0.05, 0) is 44.4 Å². The lowest BCUT2D eigenvalue weighted by atomic mass is 9.93. The normalized spacial score (nSPS) is 14.6. The number of rotatable bonds is 4. The van der Waals surface area contributed by atoms with Crippen LogP contribution in [-0.4, -0.2) is 15.5 Å². The van der Waals surface area contributed by atoms with Crippen molar-refractivity contribution >= 4 is 11.6 Å². The van der Waals surface area contributed by atoms with E-state index in [1.165, 1.54) is 6.07 Å². The van der Waals surface area contributed by atoms with Crippen molar-refractivity contribution in [1.82, 2.24) is 4.90 Å². The quantitative estimate of drug-likeness (QED) is 0.891. The molecule has 0 saturated carbocycles. The van der Waals surface area contributed by atoms with Crippen LogP contribution in [0.1, 0.15) is 37.0 Å². The van der Waals surface area contributed by atoms with E-state index in [4.69, 9.17) is 11.6 Å². The molecule has 1 aliphatic heterocycles. The number of phenolic OH excluding ortho intramolecular Hbond substituents is 1. The highest BCUT2D eigenvalue weighted by atomic mass is 35.5. The molecule has 4 heteroatoms. The number of benzene rings is 1. The standard InChI is InChI=1S/C19H19ClFNO/c1-19(2,9-8-13-6-7-18(23)16(20)10-13)22-11-14-4-3-5-17(21)15(14)12-22/h5-7,10,23H,8-9,11-12H2,1-2H3. The fourth-order valence-electron chi connectivity index (χ4n) is 2.98. The highest BCUT2D eigenvalue weighted by Gasteiger charge is 2.32. The number of fused-ring (bicyclic) bond motifs is 1. The summed E-state index contributed by atoms with van der Waals surface area (Å²) in [7, 11) is 0. The van der Waals surface area contributed by atoms with E-state index in [0.717, 1.165) is 29.5 Å². The van der Waals surface area contributed by atoms with Crippen LogP contribution in [-0.2, 0) is 19.5 Å². The van der Waals surface area contributed by atoms with E-state index >= 15 is 0 Å². The van der Waals surface area contributed by atoms with Gasteiger partial charge in [0, 0.05) is 35.8 Å². The third-order valence-corrected chi connectivity index (χ3v) is 4.97. The largest absolute Gasteiger partial charge is 0.506 e. The summed E-state index contributed by atoms with van der Waals surface area (Å²) in [5.41, 5.74) is 2.66. The first kappa shape index (κ1) is 16.1. The molecule has 0 saturated heterocycles. The van der Waals surface area contributed by atoms with Crippen LogP contribution in [0.3, 0.4) is 0 Å². The molecule has 0 fully saturated rings. The lowest BCUT2D eigenvalue weighted by molar-refractivity contribution is 0.109. The monoisotopic (exact) mass is 331 g/mol. The van der Waals surface area contributed by atoms with E-state index in [2.05, 4.69) is 30.9 Å². The summed E-state index contributed by atoms with van der Waals surface area (Å²) in [5.74, 6) is -0.0886. The number of aromatic hydroxyl groups is 1. The second kappa shape index (κ2) is 6.03. The van der Waals surface area contributed by atoms with Gasteiger partial charge < -0.3 is 5.11 Å². The maximum atomic E-state index is 13.9. The molecule has 0 amide bonds. The van der Waals surface area contributed by atoms with E-state index in [1.807, 2.05) is 6.07 Å². The Morgan fingerprint density at radius 1 is 1.35 bits per heavy atom. The molecule has 120 valence electrons. The third kappa shape index (κ3) is 3.29. The molecule has 2 aromatic rings. The van der Waals surface area contributed by atoms with Crippen molar-refractivity contribution in [3.8, 4) is 5.75 Å². The van der Waals surface area contributed by atoms with Gasteiger partial charge in [0.25, 0.3) is 0 Å². The third-order valence-electron chi connectivity index (χ3n) is 4.67. The zero-order valence-electron chi connectivity index (χ0n) is 13.3. The molecule has 0 aromatic heterocycles. The van der Waals surface area contributed by atoms with Crippen molar-refractivity contribution in [2.45, 2.75) is 45.3 Å². The van der Waals surface area contributed by atoms with E-state index in [-0.39, 0.29) is 17.1 Å². The second-order valence-corrected chi connectivity index (χ2v) is 7.08. The van der Waals surface area contributed by atoms with Gasteiger partial charge >= 0.3 is 0 Å². The zero-order chi connectivity index (χ0) is 16.6. The number of halogens is 2. The Hall–Kier alpha value is -1.76. The van der Waals surface area contributed by atoms with E-state index in [0.29, 0.717) is 18.1 Å². The minimum Gasteiger partial charge on any atom is -0.506 e. The average Bonchev–Trinajstić information content (AvgIpc) is 2.95. The smallest absolute Gasteiger partial charge is 0.137 e. The van der Waals surface area contributed by atoms with Crippen molar-refractivity contribution in [2.75, 3.05) is 0 Å². The molecule has 0 atom stereocenters. The predicted octanol–water partition coefficient (Wildman–Crippen LogP) is 4.51. The van der Waals surface area contributed by atoms with Crippen molar-refractivity contribution in [3.05, 3.63) is 63.9 Å². The molecule has 0 bridgehead atoms. The SMILES string of the molecule is CC(C)(CCc1ccc(O)c(Cl)c1)N1Cc2c#ccc(F)c2C1.